The molecule has 0 radical (unpaired) electrons. The Morgan fingerprint density at radius 1 is 1.00 bits per heavy atom. The van der Waals surface area contributed by atoms with Crippen LogP contribution in [-0.2, 0) is 0 Å². The van der Waals surface area contributed by atoms with Gasteiger partial charge in [-0.25, -0.2) is 0 Å². The van der Waals surface area contributed by atoms with Gasteiger partial charge in [-0.15, -0.1) is 0 Å². The Kier molecular flexibility index (Phi) is 7.45. The lowest BCUT2D eigenvalue weighted by Crippen LogP contribution is -2.24. The fourth-order valence-electron chi connectivity index (χ4n) is 1.11. The fourth-order valence-corrected chi connectivity index (χ4v) is 1.11. The zero-order valence-electron chi connectivity index (χ0n) is 7.74. The van der Waals surface area contributed by atoms with Gasteiger partial charge in [-0.1, -0.05) is 19.8 Å². The molecular weight excluding hydrogens is 156 g/mol. The number of hydrogen-bond donors (Lipinski definition) is 3. The highest BCUT2D eigenvalue weighted by Gasteiger charge is 2.12. The van der Waals surface area contributed by atoms with Crippen molar-refractivity contribution >= 4 is 0 Å². The number of aliphatic hydroxyl groups is 3. The van der Waals surface area contributed by atoms with Crippen LogP contribution in [0.3, 0.4) is 0 Å². The zero-order chi connectivity index (χ0) is 9.40. The van der Waals surface area contributed by atoms with Crippen molar-refractivity contribution in [2.75, 3.05) is 6.61 Å². The average Bonchev–Trinajstić information content (AvgIpc) is 2.10. The largest absolute Gasteiger partial charge is 0.396 e. The summed E-state index contributed by atoms with van der Waals surface area (Å²) in [6.07, 6.45) is 2.64. The van der Waals surface area contributed by atoms with Crippen molar-refractivity contribution in [1.82, 2.24) is 0 Å². The molecule has 3 nitrogen and oxygen atoms in total. The monoisotopic (exact) mass is 176 g/mol. The molecule has 0 saturated heterocycles. The smallest absolute Gasteiger partial charge is 0.0799 e. The lowest BCUT2D eigenvalue weighted by molar-refractivity contribution is 0.0112. The van der Waals surface area contributed by atoms with Crippen LogP contribution in [-0.4, -0.2) is 34.1 Å². The first-order valence-corrected chi connectivity index (χ1v) is 4.69. The van der Waals surface area contributed by atoms with Crippen molar-refractivity contribution in [2.45, 2.75) is 51.2 Å². The van der Waals surface area contributed by atoms with Gasteiger partial charge in [-0.3, -0.25) is 0 Å². The van der Waals surface area contributed by atoms with Crippen LogP contribution in [0.1, 0.15) is 39.0 Å². The Bertz CT molecular complexity index is 95.8. The summed E-state index contributed by atoms with van der Waals surface area (Å²) in [5, 5.41) is 27.0. The molecule has 0 amide bonds. The Balaban J connectivity index is 3.24. The highest BCUT2D eigenvalue weighted by atomic mass is 16.3. The van der Waals surface area contributed by atoms with Gasteiger partial charge in [-0.05, 0) is 19.3 Å². The van der Waals surface area contributed by atoms with Crippen molar-refractivity contribution in [2.24, 2.45) is 0 Å². The second-order valence-electron chi connectivity index (χ2n) is 3.12. The summed E-state index contributed by atoms with van der Waals surface area (Å²) in [7, 11) is 0. The van der Waals surface area contributed by atoms with Gasteiger partial charge < -0.3 is 15.3 Å². The van der Waals surface area contributed by atoms with Crippen LogP contribution in [0.4, 0.5) is 0 Å². The van der Waals surface area contributed by atoms with E-state index in [9.17, 15) is 10.2 Å². The summed E-state index contributed by atoms with van der Waals surface area (Å²) in [5.41, 5.74) is 0. The molecule has 0 aromatic heterocycles. The molecule has 0 spiro atoms. The lowest BCUT2D eigenvalue weighted by atomic mass is 10.0. The molecule has 0 rings (SSSR count). The van der Waals surface area contributed by atoms with Gasteiger partial charge in [0.05, 0.1) is 12.2 Å². The molecule has 0 saturated carbocycles. The van der Waals surface area contributed by atoms with E-state index in [1.54, 1.807) is 0 Å². The van der Waals surface area contributed by atoms with Crippen LogP contribution in [0.15, 0.2) is 0 Å². The minimum absolute atomic E-state index is 0.215. The summed E-state index contributed by atoms with van der Waals surface area (Å²) in [4.78, 5) is 0. The van der Waals surface area contributed by atoms with Gasteiger partial charge in [0.25, 0.3) is 0 Å². The number of hydrogen-bond acceptors (Lipinski definition) is 3. The number of unbranched alkanes of at least 4 members (excludes halogenated alkanes) is 2. The molecule has 2 unspecified atom stereocenters. The highest BCUT2D eigenvalue weighted by molar-refractivity contribution is 4.64. The predicted octanol–water partition coefficient (Wildman–Crippen LogP) is 0.671. The summed E-state index contributed by atoms with van der Waals surface area (Å²) in [5.74, 6) is 0. The quantitative estimate of drug-likeness (QED) is 0.500. The first-order chi connectivity index (χ1) is 5.72. The van der Waals surface area contributed by atoms with E-state index in [0.29, 0.717) is 12.8 Å². The van der Waals surface area contributed by atoms with E-state index in [-0.39, 0.29) is 6.61 Å². The van der Waals surface area contributed by atoms with E-state index in [1.165, 1.54) is 0 Å². The zero-order valence-corrected chi connectivity index (χ0v) is 7.74. The summed E-state index contributed by atoms with van der Waals surface area (Å²) >= 11 is 0. The first kappa shape index (κ1) is 11.9. The molecule has 0 aliphatic rings. The molecule has 0 aromatic rings. The minimum atomic E-state index is -0.589. The fraction of sp³-hybridized carbons (Fsp3) is 1.00. The predicted molar refractivity (Wildman–Crippen MR) is 47.9 cm³/mol. The van der Waals surface area contributed by atoms with Gasteiger partial charge in [0.2, 0.25) is 0 Å². The molecule has 3 heteroatoms. The van der Waals surface area contributed by atoms with Crippen LogP contribution in [0.5, 0.6) is 0 Å². The van der Waals surface area contributed by atoms with Crippen LogP contribution < -0.4 is 0 Å². The topological polar surface area (TPSA) is 60.7 Å². The molecule has 2 atom stereocenters. The van der Waals surface area contributed by atoms with Gasteiger partial charge in [0.1, 0.15) is 0 Å². The number of aliphatic hydroxyl groups excluding tert-OH is 3. The van der Waals surface area contributed by atoms with Crippen LogP contribution in [0.2, 0.25) is 0 Å². The molecular formula is C9H20O3. The summed E-state index contributed by atoms with van der Waals surface area (Å²) < 4.78 is 0. The molecule has 0 heterocycles. The molecule has 0 fully saturated rings. The third-order valence-electron chi connectivity index (χ3n) is 2.02. The molecule has 0 aliphatic heterocycles. The summed E-state index contributed by atoms with van der Waals surface area (Å²) in [6.45, 7) is 2.06. The van der Waals surface area contributed by atoms with Crippen molar-refractivity contribution in [3.63, 3.8) is 0 Å². The SMILES string of the molecule is CCC(O)C(O)CCCCCO. The van der Waals surface area contributed by atoms with E-state index in [4.69, 9.17) is 5.11 Å². The van der Waals surface area contributed by atoms with E-state index < -0.39 is 12.2 Å². The van der Waals surface area contributed by atoms with Crippen molar-refractivity contribution in [3.8, 4) is 0 Å². The van der Waals surface area contributed by atoms with Crippen LogP contribution in [0.25, 0.3) is 0 Å². The van der Waals surface area contributed by atoms with E-state index >= 15 is 0 Å². The number of rotatable bonds is 7. The summed E-state index contributed by atoms with van der Waals surface area (Å²) in [6, 6.07) is 0. The second kappa shape index (κ2) is 7.53. The maximum Gasteiger partial charge on any atom is 0.0799 e. The van der Waals surface area contributed by atoms with Gasteiger partial charge >= 0.3 is 0 Å². The highest BCUT2D eigenvalue weighted by Crippen LogP contribution is 2.08. The molecule has 12 heavy (non-hydrogen) atoms. The van der Waals surface area contributed by atoms with Crippen molar-refractivity contribution in [3.05, 3.63) is 0 Å². The Morgan fingerprint density at radius 3 is 2.17 bits per heavy atom. The standard InChI is InChI=1S/C9H20O3/c1-2-8(11)9(12)6-4-3-5-7-10/h8-12H,2-7H2,1H3. The van der Waals surface area contributed by atoms with Crippen molar-refractivity contribution in [1.29, 1.82) is 0 Å². The minimum Gasteiger partial charge on any atom is -0.396 e. The van der Waals surface area contributed by atoms with E-state index in [2.05, 4.69) is 0 Å². The maximum atomic E-state index is 9.30. The first-order valence-electron chi connectivity index (χ1n) is 4.69. The second-order valence-corrected chi connectivity index (χ2v) is 3.12. The Labute approximate surface area is 74.0 Å². The van der Waals surface area contributed by atoms with Crippen molar-refractivity contribution < 1.29 is 15.3 Å². The van der Waals surface area contributed by atoms with Gasteiger partial charge in [0, 0.05) is 6.61 Å². The maximum absolute atomic E-state index is 9.30. The Hall–Kier alpha value is -0.120. The third-order valence-corrected chi connectivity index (χ3v) is 2.02. The normalized spacial score (nSPS) is 16.0. The van der Waals surface area contributed by atoms with E-state index in [0.717, 1.165) is 19.3 Å². The van der Waals surface area contributed by atoms with Crippen LogP contribution >= 0.6 is 0 Å². The molecule has 3 N–H and O–H groups in total. The lowest BCUT2D eigenvalue weighted by Gasteiger charge is -2.15. The third kappa shape index (κ3) is 5.52. The average molecular weight is 176 g/mol. The van der Waals surface area contributed by atoms with E-state index in [1.807, 2.05) is 6.92 Å². The van der Waals surface area contributed by atoms with Gasteiger partial charge in [-0.2, -0.15) is 0 Å². The molecule has 0 bridgehead atoms. The molecule has 74 valence electrons. The molecule has 0 aliphatic carbocycles. The van der Waals surface area contributed by atoms with Crippen LogP contribution in [0, 0.1) is 0 Å². The molecule has 0 aromatic carbocycles. The Morgan fingerprint density at radius 2 is 1.67 bits per heavy atom. The van der Waals surface area contributed by atoms with Gasteiger partial charge in [0.15, 0.2) is 0 Å².